The zero-order valence-electron chi connectivity index (χ0n) is 10.4. The molecule has 0 bridgehead atoms. The first-order valence-corrected chi connectivity index (χ1v) is 6.51. The minimum absolute atomic E-state index is 0.0215. The summed E-state index contributed by atoms with van der Waals surface area (Å²) in [6, 6.07) is 0. The third-order valence-corrected chi connectivity index (χ3v) is 3.91. The maximum atomic E-state index is 6.05. The molecule has 88 valence electrons. The van der Waals surface area contributed by atoms with Gasteiger partial charge in [0.15, 0.2) is 0 Å². The summed E-state index contributed by atoms with van der Waals surface area (Å²) in [6.07, 6.45) is 8.77. The Balaban J connectivity index is 1.80. The van der Waals surface area contributed by atoms with Crippen molar-refractivity contribution in [3.63, 3.8) is 0 Å². The van der Waals surface area contributed by atoms with E-state index in [1.807, 2.05) is 0 Å². The number of rotatable bonds is 2. The fraction of sp³-hybridized carbons (Fsp3) is 1.00. The van der Waals surface area contributed by atoms with E-state index >= 15 is 0 Å². The third-order valence-electron chi connectivity index (χ3n) is 3.91. The summed E-state index contributed by atoms with van der Waals surface area (Å²) in [6.45, 7) is 7.95. The zero-order valence-corrected chi connectivity index (χ0v) is 10.4. The van der Waals surface area contributed by atoms with Crippen LogP contribution in [-0.4, -0.2) is 30.1 Å². The van der Waals surface area contributed by atoms with E-state index in [1.165, 1.54) is 51.6 Å². The predicted octanol–water partition coefficient (Wildman–Crippen LogP) is 2.38. The maximum Gasteiger partial charge on any atom is 0.0226 e. The van der Waals surface area contributed by atoms with Crippen LogP contribution < -0.4 is 5.73 Å². The molecule has 0 amide bonds. The third kappa shape index (κ3) is 2.94. The van der Waals surface area contributed by atoms with Crippen molar-refractivity contribution in [2.75, 3.05) is 19.6 Å². The average molecular weight is 210 g/mol. The van der Waals surface area contributed by atoms with Gasteiger partial charge in [0.05, 0.1) is 0 Å². The van der Waals surface area contributed by atoms with Crippen molar-refractivity contribution in [2.24, 2.45) is 11.1 Å². The molecule has 15 heavy (non-hydrogen) atoms. The standard InChI is InChI=1S/C13H26N2/c1-12(2,14)9-15-10-13(11-15)7-5-3-4-6-8-13/h3-11,14H2,1-2H3. The van der Waals surface area contributed by atoms with E-state index in [2.05, 4.69) is 18.7 Å². The summed E-state index contributed by atoms with van der Waals surface area (Å²) >= 11 is 0. The number of hydrogen-bond acceptors (Lipinski definition) is 2. The molecule has 1 spiro atoms. The summed E-state index contributed by atoms with van der Waals surface area (Å²) in [5, 5.41) is 0. The average Bonchev–Trinajstić information content (AvgIpc) is 2.25. The van der Waals surface area contributed by atoms with Gasteiger partial charge in [0, 0.05) is 25.2 Å². The number of likely N-dealkylation sites (tertiary alicyclic amines) is 1. The largest absolute Gasteiger partial charge is 0.324 e. The lowest BCUT2D eigenvalue weighted by Gasteiger charge is -2.52. The van der Waals surface area contributed by atoms with Crippen molar-refractivity contribution < 1.29 is 0 Å². The van der Waals surface area contributed by atoms with E-state index in [9.17, 15) is 0 Å². The fourth-order valence-corrected chi connectivity index (χ4v) is 3.39. The lowest BCUT2D eigenvalue weighted by molar-refractivity contribution is -0.0217. The number of nitrogens with zero attached hydrogens (tertiary/aromatic N) is 1. The van der Waals surface area contributed by atoms with Crippen LogP contribution in [0.2, 0.25) is 0 Å². The molecule has 0 unspecified atom stereocenters. The minimum atomic E-state index is -0.0215. The van der Waals surface area contributed by atoms with Gasteiger partial charge in [0.2, 0.25) is 0 Å². The van der Waals surface area contributed by atoms with Gasteiger partial charge in [-0.3, -0.25) is 0 Å². The van der Waals surface area contributed by atoms with Crippen molar-refractivity contribution in [3.8, 4) is 0 Å². The van der Waals surface area contributed by atoms with Gasteiger partial charge in [-0.05, 0) is 32.1 Å². The van der Waals surface area contributed by atoms with E-state index in [4.69, 9.17) is 5.73 Å². The first-order chi connectivity index (χ1) is 6.99. The molecule has 1 saturated heterocycles. The Morgan fingerprint density at radius 1 is 1.07 bits per heavy atom. The molecule has 2 rings (SSSR count). The molecule has 0 atom stereocenters. The molecule has 2 nitrogen and oxygen atoms in total. The van der Waals surface area contributed by atoms with Crippen molar-refractivity contribution in [1.29, 1.82) is 0 Å². The summed E-state index contributed by atoms with van der Waals surface area (Å²) in [5.74, 6) is 0. The maximum absolute atomic E-state index is 6.05. The van der Waals surface area contributed by atoms with Gasteiger partial charge in [-0.1, -0.05) is 25.7 Å². The molecule has 0 aromatic carbocycles. The highest BCUT2D eigenvalue weighted by Crippen LogP contribution is 2.42. The molecule has 0 aromatic rings. The summed E-state index contributed by atoms with van der Waals surface area (Å²) in [5.41, 5.74) is 6.73. The van der Waals surface area contributed by atoms with Crippen molar-refractivity contribution >= 4 is 0 Å². The molecule has 1 aliphatic carbocycles. The van der Waals surface area contributed by atoms with Gasteiger partial charge in [0.1, 0.15) is 0 Å². The van der Waals surface area contributed by atoms with E-state index in [1.54, 1.807) is 0 Å². The van der Waals surface area contributed by atoms with E-state index in [0.29, 0.717) is 5.41 Å². The van der Waals surface area contributed by atoms with Gasteiger partial charge >= 0.3 is 0 Å². The first kappa shape index (κ1) is 11.4. The molecule has 1 heterocycles. The molecular weight excluding hydrogens is 184 g/mol. The van der Waals surface area contributed by atoms with Gasteiger partial charge in [-0.2, -0.15) is 0 Å². The fourth-order valence-electron chi connectivity index (χ4n) is 3.39. The molecule has 2 N–H and O–H groups in total. The van der Waals surface area contributed by atoms with Gasteiger partial charge < -0.3 is 10.6 Å². The second kappa shape index (κ2) is 4.06. The minimum Gasteiger partial charge on any atom is -0.324 e. The summed E-state index contributed by atoms with van der Waals surface area (Å²) in [4.78, 5) is 2.55. The van der Waals surface area contributed by atoms with Crippen LogP contribution in [0.3, 0.4) is 0 Å². The van der Waals surface area contributed by atoms with Crippen LogP contribution >= 0.6 is 0 Å². The van der Waals surface area contributed by atoms with Crippen molar-refractivity contribution in [2.45, 2.75) is 57.9 Å². The van der Waals surface area contributed by atoms with Crippen LogP contribution in [-0.2, 0) is 0 Å². The second-order valence-corrected chi connectivity index (χ2v) is 6.55. The Kier molecular flexibility index (Phi) is 3.09. The topological polar surface area (TPSA) is 29.3 Å². The molecule has 0 aromatic heterocycles. The van der Waals surface area contributed by atoms with Crippen LogP contribution in [0, 0.1) is 5.41 Å². The molecule has 2 fully saturated rings. The smallest absolute Gasteiger partial charge is 0.0226 e. The number of hydrogen-bond donors (Lipinski definition) is 1. The van der Waals surface area contributed by atoms with E-state index in [-0.39, 0.29) is 5.54 Å². The molecule has 1 saturated carbocycles. The lowest BCUT2D eigenvalue weighted by Crippen LogP contribution is -2.60. The number of nitrogens with two attached hydrogens (primary N) is 1. The van der Waals surface area contributed by atoms with E-state index in [0.717, 1.165) is 6.54 Å². The SMILES string of the molecule is CC(C)(N)CN1CC2(CCCCCC2)C1. The molecule has 2 aliphatic rings. The van der Waals surface area contributed by atoms with Gasteiger partial charge in [-0.25, -0.2) is 0 Å². The van der Waals surface area contributed by atoms with Crippen molar-refractivity contribution in [1.82, 2.24) is 4.90 Å². The zero-order chi connectivity index (χ0) is 10.9. The van der Waals surface area contributed by atoms with E-state index < -0.39 is 0 Å². The predicted molar refractivity (Wildman–Crippen MR) is 64.8 cm³/mol. The highest BCUT2D eigenvalue weighted by atomic mass is 15.2. The Hall–Kier alpha value is -0.0800. The lowest BCUT2D eigenvalue weighted by atomic mass is 9.73. The normalized spacial score (nSPS) is 27.4. The summed E-state index contributed by atoms with van der Waals surface area (Å²) < 4.78 is 0. The van der Waals surface area contributed by atoms with Crippen molar-refractivity contribution in [3.05, 3.63) is 0 Å². The monoisotopic (exact) mass is 210 g/mol. The Bertz CT molecular complexity index is 201. The molecule has 2 heteroatoms. The highest BCUT2D eigenvalue weighted by molar-refractivity contribution is 4.97. The van der Waals surface area contributed by atoms with Crippen LogP contribution in [0.5, 0.6) is 0 Å². The first-order valence-electron chi connectivity index (χ1n) is 6.51. The van der Waals surface area contributed by atoms with Gasteiger partial charge in [0.25, 0.3) is 0 Å². The van der Waals surface area contributed by atoms with Gasteiger partial charge in [-0.15, -0.1) is 0 Å². The summed E-state index contributed by atoms with van der Waals surface area (Å²) in [7, 11) is 0. The second-order valence-electron chi connectivity index (χ2n) is 6.55. The quantitative estimate of drug-likeness (QED) is 0.758. The van der Waals surface area contributed by atoms with Crippen LogP contribution in [0.15, 0.2) is 0 Å². The van der Waals surface area contributed by atoms with Crippen LogP contribution in [0.25, 0.3) is 0 Å². The molecular formula is C13H26N2. The highest BCUT2D eigenvalue weighted by Gasteiger charge is 2.43. The molecule has 1 aliphatic heterocycles. The van der Waals surface area contributed by atoms with Crippen LogP contribution in [0.1, 0.15) is 52.4 Å². The van der Waals surface area contributed by atoms with Crippen LogP contribution in [0.4, 0.5) is 0 Å². The molecule has 0 radical (unpaired) electrons. The Labute approximate surface area is 94.2 Å². The Morgan fingerprint density at radius 3 is 2.07 bits per heavy atom. The Morgan fingerprint density at radius 2 is 1.60 bits per heavy atom.